The van der Waals surface area contributed by atoms with E-state index < -0.39 is 23.1 Å². The molecule has 1 aliphatic rings. The van der Waals surface area contributed by atoms with E-state index in [0.29, 0.717) is 22.5 Å². The predicted molar refractivity (Wildman–Crippen MR) is 109 cm³/mol. The lowest BCUT2D eigenvalue weighted by molar-refractivity contribution is 0.102. The van der Waals surface area contributed by atoms with Crippen LogP contribution in [-0.4, -0.2) is 21.7 Å². The van der Waals surface area contributed by atoms with Gasteiger partial charge in [-0.2, -0.15) is 5.26 Å². The third-order valence-electron chi connectivity index (χ3n) is 5.02. The van der Waals surface area contributed by atoms with Crippen LogP contribution in [0.1, 0.15) is 39.8 Å². The number of amidine groups is 1. The molecule has 0 saturated heterocycles. The van der Waals surface area contributed by atoms with E-state index in [4.69, 9.17) is 11.0 Å². The first-order valence-electron chi connectivity index (χ1n) is 9.27. The highest BCUT2D eigenvalue weighted by Crippen LogP contribution is 2.36. The van der Waals surface area contributed by atoms with Gasteiger partial charge < -0.3 is 11.1 Å². The number of anilines is 1. The second-order valence-electron chi connectivity index (χ2n) is 7.29. The van der Waals surface area contributed by atoms with Gasteiger partial charge in [-0.1, -0.05) is 0 Å². The number of aliphatic imine (C=N–C) groups is 1. The van der Waals surface area contributed by atoms with Gasteiger partial charge in [0.25, 0.3) is 5.91 Å². The monoisotopic (exact) mass is 418 g/mol. The summed E-state index contributed by atoms with van der Waals surface area (Å²) in [7, 11) is 0. The molecule has 31 heavy (non-hydrogen) atoms. The summed E-state index contributed by atoms with van der Waals surface area (Å²) in [6.07, 6.45) is 2.57. The predicted octanol–water partition coefficient (Wildman–Crippen LogP) is 3.06. The molecule has 1 aliphatic heterocycles. The van der Waals surface area contributed by atoms with Crippen LogP contribution in [0.2, 0.25) is 0 Å². The summed E-state index contributed by atoms with van der Waals surface area (Å²) in [5.74, 6) is -1.51. The molecule has 9 heteroatoms. The lowest BCUT2D eigenvalue weighted by Crippen LogP contribution is -2.35. The highest BCUT2D eigenvalue weighted by molar-refractivity contribution is 6.03. The van der Waals surface area contributed by atoms with E-state index >= 15 is 0 Å². The molecule has 1 atom stereocenters. The van der Waals surface area contributed by atoms with Crippen molar-refractivity contribution < 1.29 is 13.6 Å². The molecule has 1 aromatic carbocycles. The number of amides is 1. The zero-order chi connectivity index (χ0) is 22.2. The first-order chi connectivity index (χ1) is 14.8. The average Bonchev–Trinajstić information content (AvgIpc) is 2.75. The van der Waals surface area contributed by atoms with Gasteiger partial charge in [0.15, 0.2) is 0 Å². The summed E-state index contributed by atoms with van der Waals surface area (Å²) in [5, 5.41) is 11.5. The van der Waals surface area contributed by atoms with Crippen LogP contribution in [0.15, 0.2) is 53.8 Å². The molecule has 154 valence electrons. The molecule has 3 aromatic rings. The molecule has 7 nitrogen and oxygen atoms in total. The van der Waals surface area contributed by atoms with Gasteiger partial charge in [0.1, 0.15) is 29.2 Å². The fraction of sp³-hybridized carbons (Fsp3) is 0.136. The maximum Gasteiger partial charge on any atom is 0.274 e. The first-order valence-corrected chi connectivity index (χ1v) is 9.27. The lowest BCUT2D eigenvalue weighted by Gasteiger charge is -2.31. The van der Waals surface area contributed by atoms with Crippen LogP contribution < -0.4 is 11.1 Å². The van der Waals surface area contributed by atoms with E-state index in [0.717, 1.165) is 6.20 Å². The third-order valence-corrected chi connectivity index (χ3v) is 5.02. The van der Waals surface area contributed by atoms with Crippen molar-refractivity contribution in [3.8, 4) is 6.07 Å². The molecule has 0 fully saturated rings. The van der Waals surface area contributed by atoms with Crippen LogP contribution in [0.3, 0.4) is 0 Å². The molecule has 0 radical (unpaired) electrons. The number of fused-ring (bicyclic) bond motifs is 1. The number of nitriles is 1. The summed E-state index contributed by atoms with van der Waals surface area (Å²) in [6, 6.07) is 10.2. The van der Waals surface area contributed by atoms with Crippen LogP contribution in [0.25, 0.3) is 0 Å². The molecule has 0 aliphatic carbocycles. The van der Waals surface area contributed by atoms with Crippen molar-refractivity contribution in [1.82, 2.24) is 9.97 Å². The van der Waals surface area contributed by atoms with Crippen molar-refractivity contribution in [2.24, 2.45) is 10.7 Å². The number of hydrogen-bond donors (Lipinski definition) is 2. The van der Waals surface area contributed by atoms with E-state index in [-0.39, 0.29) is 23.5 Å². The summed E-state index contributed by atoms with van der Waals surface area (Å²) >= 11 is 0. The number of hydrogen-bond acceptors (Lipinski definition) is 6. The molecule has 3 N–H and O–H groups in total. The number of nitrogens with one attached hydrogen (secondary N) is 1. The highest BCUT2D eigenvalue weighted by Gasteiger charge is 2.35. The average molecular weight is 418 g/mol. The number of nitrogens with zero attached hydrogens (tertiary/aromatic N) is 4. The van der Waals surface area contributed by atoms with Crippen LogP contribution in [-0.2, 0) is 12.0 Å². The number of benzene rings is 1. The van der Waals surface area contributed by atoms with Gasteiger partial charge in [-0.3, -0.25) is 14.8 Å². The van der Waals surface area contributed by atoms with Crippen LogP contribution in [0.5, 0.6) is 0 Å². The zero-order valence-corrected chi connectivity index (χ0v) is 16.4. The molecule has 1 amide bonds. The Balaban J connectivity index is 1.65. The minimum absolute atomic E-state index is 0.0615. The van der Waals surface area contributed by atoms with Gasteiger partial charge in [-0.15, -0.1) is 0 Å². The lowest BCUT2D eigenvalue weighted by atomic mass is 9.83. The number of aromatic nitrogens is 2. The second-order valence-corrected chi connectivity index (χ2v) is 7.29. The summed E-state index contributed by atoms with van der Waals surface area (Å²) in [5.41, 5.74) is 6.79. The van der Waals surface area contributed by atoms with E-state index in [1.165, 1.54) is 42.6 Å². The Morgan fingerprint density at radius 2 is 2.00 bits per heavy atom. The van der Waals surface area contributed by atoms with Crippen LogP contribution in [0.4, 0.5) is 14.5 Å². The van der Waals surface area contributed by atoms with E-state index in [2.05, 4.69) is 20.3 Å². The first kappa shape index (κ1) is 20.1. The molecule has 0 spiro atoms. The van der Waals surface area contributed by atoms with Crippen LogP contribution in [0, 0.1) is 23.0 Å². The number of carbonyl (C=O) groups is 1. The number of carbonyl (C=O) groups excluding carboxylic acids is 1. The van der Waals surface area contributed by atoms with Crippen molar-refractivity contribution >= 4 is 17.4 Å². The van der Waals surface area contributed by atoms with Gasteiger partial charge in [-0.05, 0) is 43.3 Å². The van der Waals surface area contributed by atoms with Gasteiger partial charge >= 0.3 is 0 Å². The van der Waals surface area contributed by atoms with Crippen molar-refractivity contribution in [3.05, 3.63) is 88.5 Å². The Bertz CT molecular complexity index is 1270. The Labute approximate surface area is 176 Å². The fourth-order valence-electron chi connectivity index (χ4n) is 3.48. The van der Waals surface area contributed by atoms with E-state index in [9.17, 15) is 13.6 Å². The largest absolute Gasteiger partial charge is 0.383 e. The summed E-state index contributed by atoms with van der Waals surface area (Å²) in [4.78, 5) is 24.9. The minimum atomic E-state index is -1.10. The van der Waals surface area contributed by atoms with Gasteiger partial charge in [0.2, 0.25) is 0 Å². The molecule has 4 rings (SSSR count). The zero-order valence-electron chi connectivity index (χ0n) is 16.4. The number of pyridine rings is 2. The summed E-state index contributed by atoms with van der Waals surface area (Å²) < 4.78 is 28.3. The van der Waals surface area contributed by atoms with Gasteiger partial charge in [0.05, 0.1) is 23.0 Å². The van der Waals surface area contributed by atoms with Crippen molar-refractivity contribution in [1.29, 1.82) is 5.26 Å². The van der Waals surface area contributed by atoms with Crippen molar-refractivity contribution in [3.63, 3.8) is 0 Å². The number of rotatable bonds is 3. The molecular formula is C22H16F2N6O. The van der Waals surface area contributed by atoms with Crippen LogP contribution >= 0.6 is 0 Å². The molecule has 2 aromatic heterocycles. The highest BCUT2D eigenvalue weighted by atomic mass is 19.1. The molecule has 3 heterocycles. The van der Waals surface area contributed by atoms with Crippen molar-refractivity contribution in [2.45, 2.75) is 18.9 Å². The quantitative estimate of drug-likeness (QED) is 0.678. The second kappa shape index (κ2) is 7.57. The Morgan fingerprint density at radius 3 is 2.71 bits per heavy atom. The Kier molecular flexibility index (Phi) is 4.91. The maximum absolute atomic E-state index is 14.8. The normalized spacial score (nSPS) is 17.3. The summed E-state index contributed by atoms with van der Waals surface area (Å²) in [6.45, 7) is 1.69. The fourth-order valence-corrected chi connectivity index (χ4v) is 3.48. The molecule has 0 bridgehead atoms. The van der Waals surface area contributed by atoms with E-state index in [1.54, 1.807) is 6.92 Å². The van der Waals surface area contributed by atoms with Gasteiger partial charge in [-0.25, -0.2) is 13.8 Å². The SMILES string of the molecule is CC1(c2cc(NC(=O)c3ccc(C#N)cn3)ccc2F)Cc2ncc(F)cc2C(N)=N1. The topological polar surface area (TPSA) is 117 Å². The Hall–Kier alpha value is -4.19. The molecule has 0 saturated carbocycles. The Morgan fingerprint density at radius 1 is 1.19 bits per heavy atom. The molecule has 1 unspecified atom stereocenters. The number of halogens is 2. The third kappa shape index (κ3) is 3.83. The smallest absolute Gasteiger partial charge is 0.274 e. The minimum Gasteiger partial charge on any atom is -0.383 e. The van der Waals surface area contributed by atoms with Gasteiger partial charge in [0, 0.05) is 29.4 Å². The van der Waals surface area contributed by atoms with Crippen molar-refractivity contribution in [2.75, 3.05) is 5.32 Å². The molecular weight excluding hydrogens is 402 g/mol. The van der Waals surface area contributed by atoms with E-state index in [1.807, 2.05) is 6.07 Å². The number of nitrogens with two attached hydrogens (primary N) is 1. The standard InChI is InChI=1S/C22H16F2N6O/c1-22(8-19-15(20(26)30-22)6-13(23)11-28-19)16-7-14(3-4-17(16)24)29-21(31)18-5-2-12(9-25)10-27-18/h2-7,10-11H,8H2,1H3,(H2,26,30)(H,29,31). The maximum atomic E-state index is 14.8.